The molecule has 0 saturated carbocycles. The summed E-state index contributed by atoms with van der Waals surface area (Å²) in [4.78, 5) is 12.8. The maximum absolute atomic E-state index is 11.3. The maximum atomic E-state index is 11.3. The Labute approximate surface area is 103 Å². The van der Waals surface area contributed by atoms with E-state index >= 15 is 0 Å². The Kier molecular flexibility index (Phi) is 4.76. The largest absolute Gasteiger partial charge is 0.484 e. The number of carbonyl (C=O) groups excluding carboxylic acids is 1. The van der Waals surface area contributed by atoms with E-state index in [9.17, 15) is 4.79 Å². The fourth-order valence-electron chi connectivity index (χ4n) is 1.07. The fourth-order valence-corrected chi connectivity index (χ4v) is 1.48. The Balaban J connectivity index is 2.64. The molecule has 1 rings (SSSR count). The van der Waals surface area contributed by atoms with E-state index in [-0.39, 0.29) is 12.5 Å². The van der Waals surface area contributed by atoms with E-state index in [2.05, 4.69) is 15.9 Å². The number of ether oxygens (including phenoxy) is 1. The molecule has 0 atom stereocenters. The van der Waals surface area contributed by atoms with Crippen molar-refractivity contribution in [1.29, 1.82) is 0 Å². The van der Waals surface area contributed by atoms with Crippen LogP contribution in [0.2, 0.25) is 0 Å². The van der Waals surface area contributed by atoms with Crippen LogP contribution >= 0.6 is 15.9 Å². The third-order valence-electron chi connectivity index (χ3n) is 2.10. The number of hydrogen-bond donors (Lipinski definition) is 1. The molecule has 1 aromatic carbocycles. The van der Waals surface area contributed by atoms with E-state index in [4.69, 9.17) is 10.5 Å². The summed E-state index contributed by atoms with van der Waals surface area (Å²) in [6.45, 7) is 0.470. The van der Waals surface area contributed by atoms with E-state index in [0.29, 0.717) is 12.3 Å². The van der Waals surface area contributed by atoms with E-state index < -0.39 is 0 Å². The molecular formula is C11H15BrN2O2. The van der Waals surface area contributed by atoms with E-state index in [1.165, 1.54) is 4.90 Å². The minimum atomic E-state index is -0.0720. The highest BCUT2D eigenvalue weighted by Crippen LogP contribution is 2.22. The van der Waals surface area contributed by atoms with Crippen molar-refractivity contribution in [1.82, 2.24) is 4.90 Å². The number of hydrogen-bond acceptors (Lipinski definition) is 3. The molecule has 5 heteroatoms. The van der Waals surface area contributed by atoms with Crippen molar-refractivity contribution in [3.63, 3.8) is 0 Å². The molecule has 0 aromatic heterocycles. The van der Waals surface area contributed by atoms with Gasteiger partial charge in [0.15, 0.2) is 6.61 Å². The first-order valence-corrected chi connectivity index (χ1v) is 5.65. The molecule has 0 bridgehead atoms. The zero-order valence-corrected chi connectivity index (χ0v) is 11.0. The zero-order chi connectivity index (χ0) is 12.1. The minimum Gasteiger partial charge on any atom is -0.484 e. The summed E-state index contributed by atoms with van der Waals surface area (Å²) < 4.78 is 6.30. The van der Waals surface area contributed by atoms with Crippen molar-refractivity contribution in [2.75, 3.05) is 20.7 Å². The Hall–Kier alpha value is -1.07. The van der Waals surface area contributed by atoms with Gasteiger partial charge in [-0.25, -0.2) is 0 Å². The van der Waals surface area contributed by atoms with E-state index in [1.54, 1.807) is 20.2 Å². The molecule has 2 N–H and O–H groups in total. The van der Waals surface area contributed by atoms with Gasteiger partial charge < -0.3 is 15.4 Å². The number of halogens is 1. The number of amides is 1. The first kappa shape index (κ1) is 13.0. The molecule has 0 radical (unpaired) electrons. The average molecular weight is 287 g/mol. The van der Waals surface area contributed by atoms with Crippen LogP contribution in [0.15, 0.2) is 22.7 Å². The molecule has 1 aromatic rings. The van der Waals surface area contributed by atoms with Gasteiger partial charge in [0.2, 0.25) is 0 Å². The number of carbonyl (C=O) groups is 1. The molecule has 0 aliphatic heterocycles. The topological polar surface area (TPSA) is 55.6 Å². The highest BCUT2D eigenvalue weighted by atomic mass is 79.9. The van der Waals surface area contributed by atoms with Crippen LogP contribution in [-0.2, 0) is 11.3 Å². The van der Waals surface area contributed by atoms with Gasteiger partial charge in [-0.15, -0.1) is 0 Å². The molecular weight excluding hydrogens is 272 g/mol. The third-order valence-corrected chi connectivity index (χ3v) is 2.87. The smallest absolute Gasteiger partial charge is 0.259 e. The van der Waals surface area contributed by atoms with Gasteiger partial charge in [0, 0.05) is 25.1 Å². The van der Waals surface area contributed by atoms with Crippen LogP contribution in [0, 0.1) is 0 Å². The molecule has 16 heavy (non-hydrogen) atoms. The van der Waals surface area contributed by atoms with Gasteiger partial charge in [0.1, 0.15) is 5.75 Å². The number of rotatable bonds is 4. The monoisotopic (exact) mass is 286 g/mol. The minimum absolute atomic E-state index is 0.0403. The van der Waals surface area contributed by atoms with Crippen molar-refractivity contribution >= 4 is 21.8 Å². The number of nitrogens with zero attached hydrogens (tertiary/aromatic N) is 1. The predicted molar refractivity (Wildman–Crippen MR) is 66.2 cm³/mol. The summed E-state index contributed by atoms with van der Waals surface area (Å²) in [5, 5.41) is 0. The van der Waals surface area contributed by atoms with Crippen LogP contribution in [0.4, 0.5) is 0 Å². The Morgan fingerprint density at radius 1 is 1.50 bits per heavy atom. The Morgan fingerprint density at radius 3 is 2.75 bits per heavy atom. The first-order valence-electron chi connectivity index (χ1n) is 4.86. The van der Waals surface area contributed by atoms with Gasteiger partial charge in [0.25, 0.3) is 5.91 Å². The summed E-state index contributed by atoms with van der Waals surface area (Å²) in [6, 6.07) is 5.48. The molecule has 0 saturated heterocycles. The zero-order valence-electron chi connectivity index (χ0n) is 9.37. The van der Waals surface area contributed by atoms with E-state index in [1.807, 2.05) is 12.1 Å². The molecule has 4 nitrogen and oxygen atoms in total. The van der Waals surface area contributed by atoms with Crippen molar-refractivity contribution in [2.24, 2.45) is 5.73 Å². The van der Waals surface area contributed by atoms with E-state index in [0.717, 1.165) is 10.0 Å². The molecule has 88 valence electrons. The highest BCUT2D eigenvalue weighted by Gasteiger charge is 2.06. The van der Waals surface area contributed by atoms with Gasteiger partial charge in [-0.3, -0.25) is 4.79 Å². The molecule has 0 aliphatic carbocycles. The standard InChI is InChI=1S/C11H15BrN2O2/c1-14(2)11(15)7-16-9-3-4-10(12)8(5-9)6-13/h3-5H,6-7,13H2,1-2H3. The Bertz CT molecular complexity index is 380. The summed E-state index contributed by atoms with van der Waals surface area (Å²) in [6.07, 6.45) is 0. The average Bonchev–Trinajstić information content (AvgIpc) is 2.27. The van der Waals surface area contributed by atoms with Crippen molar-refractivity contribution in [2.45, 2.75) is 6.54 Å². The summed E-state index contributed by atoms with van der Waals surface area (Å²) in [5.74, 6) is 0.580. The quantitative estimate of drug-likeness (QED) is 0.910. The second-order valence-corrected chi connectivity index (χ2v) is 4.39. The van der Waals surface area contributed by atoms with Gasteiger partial charge in [-0.05, 0) is 23.8 Å². The molecule has 0 fully saturated rings. The lowest BCUT2D eigenvalue weighted by Gasteiger charge is -2.12. The maximum Gasteiger partial charge on any atom is 0.259 e. The Morgan fingerprint density at radius 2 is 2.19 bits per heavy atom. The van der Waals surface area contributed by atoms with Gasteiger partial charge >= 0.3 is 0 Å². The fraction of sp³-hybridized carbons (Fsp3) is 0.364. The second kappa shape index (κ2) is 5.86. The van der Waals surface area contributed by atoms with Crippen LogP contribution in [0.1, 0.15) is 5.56 Å². The predicted octanol–water partition coefficient (Wildman–Crippen LogP) is 1.37. The number of benzene rings is 1. The lowest BCUT2D eigenvalue weighted by Crippen LogP contribution is -2.27. The van der Waals surface area contributed by atoms with Crippen LogP contribution in [0.25, 0.3) is 0 Å². The summed E-state index contributed by atoms with van der Waals surface area (Å²) >= 11 is 3.38. The second-order valence-electron chi connectivity index (χ2n) is 3.53. The molecule has 0 unspecified atom stereocenters. The summed E-state index contributed by atoms with van der Waals surface area (Å²) in [5.41, 5.74) is 6.52. The first-order chi connectivity index (χ1) is 7.54. The third kappa shape index (κ3) is 3.50. The molecule has 0 aliphatic rings. The molecule has 0 heterocycles. The number of likely N-dealkylation sites (N-methyl/N-ethyl adjacent to an activating group) is 1. The number of nitrogens with two attached hydrogens (primary N) is 1. The molecule has 1 amide bonds. The lowest BCUT2D eigenvalue weighted by atomic mass is 10.2. The SMILES string of the molecule is CN(C)C(=O)COc1ccc(Br)c(CN)c1. The van der Waals surface area contributed by atoms with Crippen LogP contribution in [-0.4, -0.2) is 31.5 Å². The molecule has 0 spiro atoms. The van der Waals surface area contributed by atoms with Crippen LogP contribution in [0.3, 0.4) is 0 Å². The van der Waals surface area contributed by atoms with Crippen LogP contribution < -0.4 is 10.5 Å². The lowest BCUT2D eigenvalue weighted by molar-refractivity contribution is -0.130. The van der Waals surface area contributed by atoms with Crippen molar-refractivity contribution in [3.8, 4) is 5.75 Å². The summed E-state index contributed by atoms with van der Waals surface area (Å²) in [7, 11) is 3.39. The van der Waals surface area contributed by atoms with Crippen molar-refractivity contribution < 1.29 is 9.53 Å². The van der Waals surface area contributed by atoms with Crippen molar-refractivity contribution in [3.05, 3.63) is 28.2 Å². The normalized spacial score (nSPS) is 10.0. The highest BCUT2D eigenvalue weighted by molar-refractivity contribution is 9.10. The van der Waals surface area contributed by atoms with Gasteiger partial charge in [0.05, 0.1) is 0 Å². The van der Waals surface area contributed by atoms with Gasteiger partial charge in [-0.1, -0.05) is 15.9 Å². The van der Waals surface area contributed by atoms with Crippen LogP contribution in [0.5, 0.6) is 5.75 Å². The van der Waals surface area contributed by atoms with Gasteiger partial charge in [-0.2, -0.15) is 0 Å².